The molecule has 0 heterocycles. The second kappa shape index (κ2) is 8.63. The van der Waals surface area contributed by atoms with Gasteiger partial charge in [-0.3, -0.25) is 4.79 Å². The van der Waals surface area contributed by atoms with Crippen LogP contribution < -0.4 is 4.74 Å². The number of nitrogens with zero attached hydrogens (tertiary/aromatic N) is 1. The molecule has 2 rings (SSSR count). The summed E-state index contributed by atoms with van der Waals surface area (Å²) in [5.74, 6) is 0.0126. The second-order valence-corrected chi connectivity index (χ2v) is 5.14. The molecule has 0 spiro atoms. The van der Waals surface area contributed by atoms with Crippen LogP contribution in [0.25, 0.3) is 0 Å². The van der Waals surface area contributed by atoms with Gasteiger partial charge in [0.25, 0.3) is 0 Å². The normalized spacial score (nSPS) is 10.9. The van der Waals surface area contributed by atoms with Crippen LogP contribution in [0.2, 0.25) is 0 Å². The fraction of sp³-hybridized carbons (Fsp3) is 0.211. The number of carbonyl (C=O) groups excluding carboxylic acids is 2. The van der Waals surface area contributed by atoms with Gasteiger partial charge in [-0.25, -0.2) is 4.79 Å². The highest BCUT2D eigenvalue weighted by molar-refractivity contribution is 6.43. The summed E-state index contributed by atoms with van der Waals surface area (Å²) in [6, 6.07) is 14.1. The molecule has 0 N–H and O–H groups in total. The number of benzene rings is 2. The van der Waals surface area contributed by atoms with Crippen molar-refractivity contribution in [3.8, 4) is 5.75 Å². The summed E-state index contributed by atoms with van der Waals surface area (Å²) in [5, 5.41) is 3.76. The second-order valence-electron chi connectivity index (χ2n) is 5.14. The van der Waals surface area contributed by atoms with E-state index in [-0.39, 0.29) is 18.1 Å². The van der Waals surface area contributed by atoms with Crippen molar-refractivity contribution < 1.29 is 23.9 Å². The maximum atomic E-state index is 11.9. The van der Waals surface area contributed by atoms with Gasteiger partial charge in [0, 0.05) is 11.1 Å². The van der Waals surface area contributed by atoms with Crippen molar-refractivity contribution >= 4 is 17.5 Å². The van der Waals surface area contributed by atoms with Crippen LogP contribution in [0.3, 0.4) is 0 Å². The minimum absolute atomic E-state index is 0.00427. The van der Waals surface area contributed by atoms with E-state index in [9.17, 15) is 9.59 Å². The first-order valence-corrected chi connectivity index (χ1v) is 7.58. The molecule has 0 saturated heterocycles. The number of rotatable bonds is 7. The Bertz CT molecular complexity index is 781. The van der Waals surface area contributed by atoms with Gasteiger partial charge in [0.1, 0.15) is 19.5 Å². The number of oxime groups is 1. The van der Waals surface area contributed by atoms with Crippen molar-refractivity contribution in [1.82, 2.24) is 0 Å². The Kier molecular flexibility index (Phi) is 6.28. The van der Waals surface area contributed by atoms with Crippen molar-refractivity contribution in [2.24, 2.45) is 5.16 Å². The van der Waals surface area contributed by atoms with Crippen molar-refractivity contribution in [3.63, 3.8) is 0 Å². The molecule has 0 bridgehead atoms. The van der Waals surface area contributed by atoms with E-state index in [2.05, 4.69) is 5.16 Å². The molecule has 0 aromatic heterocycles. The predicted octanol–water partition coefficient (Wildman–Crippen LogP) is 2.99. The molecule has 0 saturated carbocycles. The fourth-order valence-corrected chi connectivity index (χ4v) is 2.21. The van der Waals surface area contributed by atoms with Gasteiger partial charge in [-0.05, 0) is 36.8 Å². The third-order valence-corrected chi connectivity index (χ3v) is 3.49. The number of hydrogen-bond donors (Lipinski definition) is 0. The van der Waals surface area contributed by atoms with Crippen LogP contribution >= 0.6 is 0 Å². The van der Waals surface area contributed by atoms with E-state index >= 15 is 0 Å². The van der Waals surface area contributed by atoms with Gasteiger partial charge >= 0.3 is 5.97 Å². The quantitative estimate of drug-likeness (QED) is 0.335. The molecule has 0 fully saturated rings. The largest absolute Gasteiger partial charge is 0.489 e. The van der Waals surface area contributed by atoms with Gasteiger partial charge in [-0.15, -0.1) is 0 Å². The zero-order valence-electron chi connectivity index (χ0n) is 14.3. The fourth-order valence-electron chi connectivity index (χ4n) is 2.21. The lowest BCUT2D eigenvalue weighted by molar-refractivity contribution is -0.132. The Balaban J connectivity index is 2.21. The maximum absolute atomic E-state index is 11.9. The number of ketones is 1. The highest BCUT2D eigenvalue weighted by Crippen LogP contribution is 2.17. The molecule has 0 aliphatic carbocycles. The first-order chi connectivity index (χ1) is 12.1. The average molecular weight is 341 g/mol. The van der Waals surface area contributed by atoms with Crippen LogP contribution in [-0.2, 0) is 21.0 Å². The number of Topliss-reactive ketones (excluding diaryl/α,β-unsaturated/α-hetero) is 1. The van der Waals surface area contributed by atoms with Gasteiger partial charge in [-0.2, -0.15) is 0 Å². The van der Waals surface area contributed by atoms with E-state index in [1.807, 2.05) is 12.1 Å². The highest BCUT2D eigenvalue weighted by Gasteiger charge is 2.19. The van der Waals surface area contributed by atoms with Gasteiger partial charge in [0.15, 0.2) is 11.5 Å². The molecule has 0 aliphatic rings. The molecule has 0 unspecified atom stereocenters. The van der Waals surface area contributed by atoms with Gasteiger partial charge < -0.3 is 14.3 Å². The van der Waals surface area contributed by atoms with E-state index in [1.165, 1.54) is 21.1 Å². The summed E-state index contributed by atoms with van der Waals surface area (Å²) < 4.78 is 10.5. The zero-order valence-corrected chi connectivity index (χ0v) is 14.3. The van der Waals surface area contributed by atoms with Crippen LogP contribution in [0.5, 0.6) is 5.75 Å². The summed E-state index contributed by atoms with van der Waals surface area (Å²) in [5.41, 5.74) is 2.00. The van der Waals surface area contributed by atoms with Crippen LogP contribution in [0.4, 0.5) is 0 Å². The lowest BCUT2D eigenvalue weighted by Crippen LogP contribution is -2.19. The number of esters is 1. The lowest BCUT2D eigenvalue weighted by atomic mass is 10.0. The number of hydrogen-bond acceptors (Lipinski definition) is 6. The summed E-state index contributed by atoms with van der Waals surface area (Å²) >= 11 is 0. The zero-order chi connectivity index (χ0) is 18.2. The summed E-state index contributed by atoms with van der Waals surface area (Å²) in [7, 11) is 2.64. The monoisotopic (exact) mass is 341 g/mol. The molecule has 130 valence electrons. The Labute approximate surface area is 146 Å². The molecular weight excluding hydrogens is 322 g/mol. The van der Waals surface area contributed by atoms with E-state index in [4.69, 9.17) is 14.3 Å². The van der Waals surface area contributed by atoms with Crippen LogP contribution in [0.15, 0.2) is 53.7 Å². The van der Waals surface area contributed by atoms with Gasteiger partial charge in [0.05, 0.1) is 7.11 Å². The molecule has 0 aliphatic heterocycles. The molecule has 2 aromatic carbocycles. The van der Waals surface area contributed by atoms with E-state index in [0.717, 1.165) is 5.56 Å². The van der Waals surface area contributed by atoms with Crippen LogP contribution in [0.1, 0.15) is 28.4 Å². The Hall–Kier alpha value is -3.15. The Morgan fingerprint density at radius 1 is 1.00 bits per heavy atom. The summed E-state index contributed by atoms with van der Waals surface area (Å²) in [6.45, 7) is 1.73. The number of carbonyl (C=O) groups is 2. The average Bonchev–Trinajstić information content (AvgIpc) is 2.64. The third-order valence-electron chi connectivity index (χ3n) is 3.49. The molecule has 0 atom stereocenters. The Morgan fingerprint density at radius 3 is 2.28 bits per heavy atom. The third kappa shape index (κ3) is 4.67. The minimum atomic E-state index is -0.597. The SMILES string of the molecule is CO/N=C(/C(=O)OC)c1ccccc1COc1ccc(C(C)=O)cc1. The van der Waals surface area contributed by atoms with Gasteiger partial charge in [-0.1, -0.05) is 29.4 Å². The van der Waals surface area contributed by atoms with E-state index in [0.29, 0.717) is 16.9 Å². The highest BCUT2D eigenvalue weighted by atomic mass is 16.6. The van der Waals surface area contributed by atoms with Crippen molar-refractivity contribution in [1.29, 1.82) is 0 Å². The van der Waals surface area contributed by atoms with Crippen LogP contribution in [0, 0.1) is 0 Å². The number of ether oxygens (including phenoxy) is 2. The summed E-state index contributed by atoms with van der Waals surface area (Å²) in [6.07, 6.45) is 0. The molecule has 6 heteroatoms. The standard InChI is InChI=1S/C19H19NO5/c1-13(21)14-8-10-16(11-9-14)25-12-15-6-4-5-7-17(15)18(20-24-3)19(22)23-2/h4-11H,12H2,1-3H3/b20-18+. The molecular formula is C19H19NO5. The predicted molar refractivity (Wildman–Crippen MR) is 92.8 cm³/mol. The van der Waals surface area contributed by atoms with Crippen molar-refractivity contribution in [3.05, 3.63) is 65.2 Å². The number of methoxy groups -OCH3 is 1. The minimum Gasteiger partial charge on any atom is -0.489 e. The maximum Gasteiger partial charge on any atom is 0.360 e. The van der Waals surface area contributed by atoms with E-state index < -0.39 is 5.97 Å². The molecule has 25 heavy (non-hydrogen) atoms. The van der Waals surface area contributed by atoms with E-state index in [1.54, 1.807) is 36.4 Å². The first-order valence-electron chi connectivity index (χ1n) is 7.58. The Morgan fingerprint density at radius 2 is 1.68 bits per heavy atom. The smallest absolute Gasteiger partial charge is 0.360 e. The summed E-state index contributed by atoms with van der Waals surface area (Å²) in [4.78, 5) is 28.0. The van der Waals surface area contributed by atoms with Crippen molar-refractivity contribution in [2.75, 3.05) is 14.2 Å². The lowest BCUT2D eigenvalue weighted by Gasteiger charge is -2.12. The van der Waals surface area contributed by atoms with Crippen molar-refractivity contribution in [2.45, 2.75) is 13.5 Å². The topological polar surface area (TPSA) is 74.2 Å². The van der Waals surface area contributed by atoms with Gasteiger partial charge in [0.2, 0.25) is 0 Å². The first kappa shape index (κ1) is 18.2. The van der Waals surface area contributed by atoms with Crippen LogP contribution in [-0.4, -0.2) is 31.7 Å². The molecule has 0 radical (unpaired) electrons. The molecule has 0 amide bonds. The molecule has 6 nitrogen and oxygen atoms in total. The molecule has 2 aromatic rings.